The summed E-state index contributed by atoms with van der Waals surface area (Å²) in [5, 5.41) is 0. The summed E-state index contributed by atoms with van der Waals surface area (Å²) in [4.78, 5) is 33.6. The van der Waals surface area contributed by atoms with Crippen LogP contribution in [0.1, 0.15) is 73.6 Å². The Hall–Kier alpha value is -3.52. The van der Waals surface area contributed by atoms with E-state index in [2.05, 4.69) is 54.9 Å². The molecule has 1 unspecified atom stereocenters. The second-order valence-corrected chi connectivity index (χ2v) is 11.2. The van der Waals surface area contributed by atoms with Crippen molar-refractivity contribution in [2.45, 2.75) is 65.6 Å². The molecule has 1 aliphatic heterocycles. The third-order valence-electron chi connectivity index (χ3n) is 7.00. The van der Waals surface area contributed by atoms with E-state index in [0.29, 0.717) is 51.6 Å². The van der Waals surface area contributed by atoms with Crippen molar-refractivity contribution in [2.75, 3.05) is 19.7 Å². The van der Waals surface area contributed by atoms with Crippen molar-refractivity contribution in [3.05, 3.63) is 88.9 Å². The topological polar surface area (TPSA) is 75.9 Å². The summed E-state index contributed by atoms with van der Waals surface area (Å²) in [6, 6.07) is 15.0. The minimum atomic E-state index is -0.315. The molecule has 1 amide bonds. The van der Waals surface area contributed by atoms with Gasteiger partial charge in [-0.25, -0.2) is 9.37 Å². The zero-order valence-electron chi connectivity index (χ0n) is 23.3. The minimum Gasteiger partial charge on any atom is -0.466 e. The number of piperidine rings is 1. The van der Waals surface area contributed by atoms with Crippen molar-refractivity contribution in [3.8, 4) is 0 Å². The minimum absolute atomic E-state index is 0.0675. The van der Waals surface area contributed by atoms with E-state index < -0.39 is 0 Å². The van der Waals surface area contributed by atoms with Gasteiger partial charge in [0.2, 0.25) is 5.89 Å². The van der Waals surface area contributed by atoms with Crippen LogP contribution in [0.5, 0.6) is 0 Å². The molecule has 0 bridgehead atoms. The zero-order valence-corrected chi connectivity index (χ0v) is 23.3. The van der Waals surface area contributed by atoms with Gasteiger partial charge in [-0.2, -0.15) is 0 Å². The molecule has 0 spiro atoms. The van der Waals surface area contributed by atoms with E-state index in [4.69, 9.17) is 9.15 Å². The zero-order chi connectivity index (χ0) is 28.0. The Morgan fingerprint density at radius 1 is 1.05 bits per heavy atom. The first-order chi connectivity index (χ1) is 18.6. The number of rotatable bonds is 9. The number of carbonyl (C=O) groups excluding carboxylic acids is 2. The summed E-state index contributed by atoms with van der Waals surface area (Å²) < 4.78 is 24.4. The van der Waals surface area contributed by atoms with Crippen LogP contribution in [0.25, 0.3) is 0 Å². The molecule has 0 saturated carbocycles. The predicted molar refractivity (Wildman–Crippen MR) is 146 cm³/mol. The van der Waals surface area contributed by atoms with Crippen LogP contribution in [0.4, 0.5) is 4.39 Å². The molecular weight excluding hydrogens is 497 g/mol. The number of nitrogens with zero attached hydrogens (tertiary/aromatic N) is 3. The monoisotopic (exact) mass is 535 g/mol. The lowest BCUT2D eigenvalue weighted by Crippen LogP contribution is -2.43. The molecule has 39 heavy (non-hydrogen) atoms. The van der Waals surface area contributed by atoms with Gasteiger partial charge < -0.3 is 14.1 Å². The Labute approximate surface area is 230 Å². The van der Waals surface area contributed by atoms with E-state index in [1.165, 1.54) is 24.0 Å². The third kappa shape index (κ3) is 7.76. The number of hydrogen-bond donors (Lipinski definition) is 0. The molecule has 1 aliphatic rings. The number of carbonyl (C=O) groups is 2. The first-order valence-electron chi connectivity index (χ1n) is 13.6. The molecule has 1 saturated heterocycles. The quantitative estimate of drug-likeness (QED) is 0.326. The van der Waals surface area contributed by atoms with Gasteiger partial charge in [0.1, 0.15) is 12.1 Å². The molecular formula is C31H38FN3O4. The Kier molecular flexibility index (Phi) is 9.17. The van der Waals surface area contributed by atoms with E-state index >= 15 is 0 Å². The van der Waals surface area contributed by atoms with Crippen molar-refractivity contribution in [1.82, 2.24) is 14.8 Å². The number of hydrogen-bond acceptors (Lipinski definition) is 6. The third-order valence-corrected chi connectivity index (χ3v) is 7.00. The van der Waals surface area contributed by atoms with Crippen LogP contribution in [-0.2, 0) is 34.6 Å². The molecule has 0 aliphatic carbocycles. The first kappa shape index (κ1) is 28.5. The normalized spacial score (nSPS) is 15.9. The van der Waals surface area contributed by atoms with Crippen LogP contribution >= 0.6 is 0 Å². The number of oxazole rings is 1. The number of esters is 1. The van der Waals surface area contributed by atoms with Gasteiger partial charge in [-0.1, -0.05) is 57.2 Å². The van der Waals surface area contributed by atoms with E-state index in [0.717, 1.165) is 17.5 Å². The SMILES string of the molecule is CCOC(=O)C1CCCN(C(=O)c2coc(CN(Cc3ccc(F)cc3)Cc3ccc(C(C)(C)C)cc3)n2)C1. The molecule has 2 aromatic carbocycles. The van der Waals surface area contributed by atoms with Gasteiger partial charge in [-0.3, -0.25) is 14.5 Å². The summed E-state index contributed by atoms with van der Waals surface area (Å²) in [5.41, 5.74) is 3.65. The maximum atomic E-state index is 13.5. The Morgan fingerprint density at radius 3 is 2.31 bits per heavy atom. The van der Waals surface area contributed by atoms with Crippen LogP contribution in [0.2, 0.25) is 0 Å². The van der Waals surface area contributed by atoms with E-state index in [9.17, 15) is 14.0 Å². The standard InChI is InChI=1S/C31H38FN3O4/c1-5-38-30(37)24-7-6-16-35(19-24)29(36)27-21-39-28(33-27)20-34(18-23-10-14-26(32)15-11-23)17-22-8-12-25(13-9-22)31(2,3)4/h8-15,21,24H,5-7,16-20H2,1-4H3. The Morgan fingerprint density at radius 2 is 1.69 bits per heavy atom. The largest absolute Gasteiger partial charge is 0.466 e. The van der Waals surface area contributed by atoms with Gasteiger partial charge in [0.05, 0.1) is 19.1 Å². The fraction of sp³-hybridized carbons (Fsp3) is 0.452. The fourth-order valence-corrected chi connectivity index (χ4v) is 4.83. The summed E-state index contributed by atoms with van der Waals surface area (Å²) >= 11 is 0. The highest BCUT2D eigenvalue weighted by Gasteiger charge is 2.31. The molecule has 4 rings (SSSR count). The molecule has 1 atom stereocenters. The molecule has 3 aromatic rings. The van der Waals surface area contributed by atoms with Gasteiger partial charge in [-0.15, -0.1) is 0 Å². The second-order valence-electron chi connectivity index (χ2n) is 11.2. The molecule has 0 N–H and O–H groups in total. The molecule has 2 heterocycles. The van der Waals surface area contributed by atoms with Crippen molar-refractivity contribution in [1.29, 1.82) is 0 Å². The van der Waals surface area contributed by atoms with Crippen LogP contribution in [0.3, 0.4) is 0 Å². The summed E-state index contributed by atoms with van der Waals surface area (Å²) in [6.07, 6.45) is 2.83. The lowest BCUT2D eigenvalue weighted by Gasteiger charge is -2.30. The van der Waals surface area contributed by atoms with Gasteiger partial charge in [0.25, 0.3) is 5.91 Å². The highest BCUT2D eigenvalue weighted by molar-refractivity contribution is 5.92. The molecule has 1 fully saturated rings. The van der Waals surface area contributed by atoms with Crippen molar-refractivity contribution in [3.63, 3.8) is 0 Å². The maximum Gasteiger partial charge on any atom is 0.310 e. The number of ether oxygens (including phenoxy) is 1. The van der Waals surface area contributed by atoms with Crippen LogP contribution in [-0.4, -0.2) is 46.4 Å². The predicted octanol–water partition coefficient (Wildman–Crippen LogP) is 5.73. The Balaban J connectivity index is 1.47. The van der Waals surface area contributed by atoms with Gasteiger partial charge in [0.15, 0.2) is 5.69 Å². The summed E-state index contributed by atoms with van der Waals surface area (Å²) in [5.74, 6) is -0.679. The van der Waals surface area contributed by atoms with Gasteiger partial charge in [0, 0.05) is 26.2 Å². The van der Waals surface area contributed by atoms with Crippen molar-refractivity contribution in [2.24, 2.45) is 5.92 Å². The lowest BCUT2D eigenvalue weighted by molar-refractivity contribution is -0.149. The molecule has 1 aromatic heterocycles. The molecule has 8 heteroatoms. The second kappa shape index (κ2) is 12.6. The van der Waals surface area contributed by atoms with Crippen molar-refractivity contribution < 1.29 is 23.1 Å². The number of aromatic nitrogens is 1. The lowest BCUT2D eigenvalue weighted by atomic mass is 9.87. The Bertz CT molecular complexity index is 1250. The average molecular weight is 536 g/mol. The first-order valence-corrected chi connectivity index (χ1v) is 13.6. The maximum absolute atomic E-state index is 13.5. The highest BCUT2D eigenvalue weighted by Crippen LogP contribution is 2.24. The van der Waals surface area contributed by atoms with Crippen molar-refractivity contribution >= 4 is 11.9 Å². The molecule has 0 radical (unpaired) electrons. The molecule has 208 valence electrons. The molecule has 7 nitrogen and oxygen atoms in total. The van der Waals surface area contributed by atoms with E-state index in [1.54, 1.807) is 24.0 Å². The van der Waals surface area contributed by atoms with Crippen LogP contribution in [0, 0.1) is 11.7 Å². The average Bonchev–Trinajstić information content (AvgIpc) is 3.38. The smallest absolute Gasteiger partial charge is 0.310 e. The number of benzene rings is 2. The number of likely N-dealkylation sites (tertiary alicyclic amines) is 1. The summed E-state index contributed by atoms with van der Waals surface area (Å²) in [6.45, 7) is 11.1. The van der Waals surface area contributed by atoms with Gasteiger partial charge >= 0.3 is 5.97 Å². The van der Waals surface area contributed by atoms with Crippen LogP contribution in [0.15, 0.2) is 59.2 Å². The fourth-order valence-electron chi connectivity index (χ4n) is 4.83. The van der Waals surface area contributed by atoms with E-state index in [-0.39, 0.29) is 34.7 Å². The van der Waals surface area contributed by atoms with E-state index in [1.807, 2.05) is 0 Å². The summed E-state index contributed by atoms with van der Waals surface area (Å²) in [7, 11) is 0. The van der Waals surface area contributed by atoms with Gasteiger partial charge in [-0.05, 0) is 54.0 Å². The number of halogens is 1. The number of amides is 1. The highest BCUT2D eigenvalue weighted by atomic mass is 19.1. The van der Waals surface area contributed by atoms with Crippen LogP contribution < -0.4 is 0 Å².